The van der Waals surface area contributed by atoms with Crippen molar-refractivity contribution in [3.8, 4) is 5.19 Å². The van der Waals surface area contributed by atoms with Crippen LogP contribution in [0.2, 0.25) is 0 Å². The van der Waals surface area contributed by atoms with Crippen LogP contribution in [-0.2, 0) is 6.42 Å². The molecule has 1 aliphatic rings. The predicted molar refractivity (Wildman–Crippen MR) is 55.5 cm³/mol. The minimum absolute atomic E-state index is 0.146. The molecule has 2 N–H and O–H groups in total. The fourth-order valence-electron chi connectivity index (χ4n) is 1.66. The summed E-state index contributed by atoms with van der Waals surface area (Å²) in [6, 6.07) is 0.170. The third-order valence-electron chi connectivity index (χ3n) is 2.52. The van der Waals surface area contributed by atoms with Gasteiger partial charge in [0.15, 0.2) is 0 Å². The van der Waals surface area contributed by atoms with E-state index in [-0.39, 0.29) is 12.1 Å². The Balaban J connectivity index is 1.96. The Hall–Kier alpha value is -0.680. The first-order valence-electron chi connectivity index (χ1n) is 5.04. The normalized spacial score (nSPS) is 26.7. The average molecular weight is 213 g/mol. The van der Waals surface area contributed by atoms with Gasteiger partial charge in [-0.1, -0.05) is 6.92 Å². The van der Waals surface area contributed by atoms with Crippen molar-refractivity contribution in [3.63, 3.8) is 0 Å². The van der Waals surface area contributed by atoms with Gasteiger partial charge >= 0.3 is 0 Å². The lowest BCUT2D eigenvalue weighted by atomic mass is 10.2. The van der Waals surface area contributed by atoms with Crippen molar-refractivity contribution in [1.29, 1.82) is 0 Å². The summed E-state index contributed by atoms with van der Waals surface area (Å²) in [6.45, 7) is 2.03. The second-order valence-corrected chi connectivity index (χ2v) is 4.30. The molecule has 78 valence electrons. The second kappa shape index (κ2) is 4.23. The van der Waals surface area contributed by atoms with E-state index in [0.717, 1.165) is 31.5 Å². The van der Waals surface area contributed by atoms with Crippen LogP contribution in [0, 0.1) is 0 Å². The smallest absolute Gasteiger partial charge is 0.293 e. The Labute approximate surface area is 87.7 Å². The molecule has 0 aliphatic heterocycles. The van der Waals surface area contributed by atoms with Gasteiger partial charge in [0.2, 0.25) is 0 Å². The van der Waals surface area contributed by atoms with E-state index in [2.05, 4.69) is 9.36 Å². The van der Waals surface area contributed by atoms with Gasteiger partial charge in [-0.15, -0.1) is 0 Å². The molecule has 1 fully saturated rings. The van der Waals surface area contributed by atoms with Crippen LogP contribution in [0.5, 0.6) is 5.19 Å². The molecule has 1 aromatic heterocycles. The zero-order valence-corrected chi connectivity index (χ0v) is 9.09. The highest BCUT2D eigenvalue weighted by Crippen LogP contribution is 2.24. The lowest BCUT2D eigenvalue weighted by Gasteiger charge is -2.14. The van der Waals surface area contributed by atoms with E-state index in [1.165, 1.54) is 11.5 Å². The van der Waals surface area contributed by atoms with Gasteiger partial charge in [0.1, 0.15) is 11.9 Å². The first-order chi connectivity index (χ1) is 6.79. The summed E-state index contributed by atoms with van der Waals surface area (Å²) < 4.78 is 9.86. The Morgan fingerprint density at radius 2 is 2.43 bits per heavy atom. The minimum atomic E-state index is 0.146. The average Bonchev–Trinajstić information content (AvgIpc) is 2.77. The maximum atomic E-state index is 5.90. The highest BCUT2D eigenvalue weighted by molar-refractivity contribution is 7.07. The van der Waals surface area contributed by atoms with Crippen molar-refractivity contribution in [2.45, 2.75) is 44.8 Å². The molecule has 14 heavy (non-hydrogen) atoms. The molecule has 1 aromatic rings. The Kier molecular flexibility index (Phi) is 2.98. The van der Waals surface area contributed by atoms with Gasteiger partial charge in [0, 0.05) is 24.0 Å². The van der Waals surface area contributed by atoms with Crippen molar-refractivity contribution in [2.75, 3.05) is 0 Å². The van der Waals surface area contributed by atoms with Crippen molar-refractivity contribution < 1.29 is 4.74 Å². The third kappa shape index (κ3) is 2.04. The van der Waals surface area contributed by atoms with E-state index in [0.29, 0.717) is 5.19 Å². The number of nitrogens with zero attached hydrogens (tertiary/aromatic N) is 2. The number of nitrogens with two attached hydrogens (primary N) is 1. The fraction of sp³-hybridized carbons (Fsp3) is 0.778. The molecule has 0 amide bonds. The van der Waals surface area contributed by atoms with Gasteiger partial charge in [-0.3, -0.25) is 0 Å². The molecule has 2 rings (SSSR count). The summed E-state index contributed by atoms with van der Waals surface area (Å²) in [4.78, 5) is 4.26. The van der Waals surface area contributed by atoms with E-state index in [1.54, 1.807) is 0 Å². The molecule has 1 aliphatic carbocycles. The number of hydrogen-bond donors (Lipinski definition) is 1. The topological polar surface area (TPSA) is 61.0 Å². The summed E-state index contributed by atoms with van der Waals surface area (Å²) in [7, 11) is 0. The molecule has 2 atom stereocenters. The summed E-state index contributed by atoms with van der Waals surface area (Å²) in [5.41, 5.74) is 5.90. The number of hydrogen-bond acceptors (Lipinski definition) is 5. The molecule has 1 saturated carbocycles. The summed E-state index contributed by atoms with van der Waals surface area (Å²) in [6.07, 6.45) is 4.27. The highest BCUT2D eigenvalue weighted by Gasteiger charge is 2.26. The van der Waals surface area contributed by atoms with Crippen molar-refractivity contribution in [3.05, 3.63) is 5.82 Å². The number of aryl methyl sites for hydroxylation is 1. The monoisotopic (exact) mass is 213 g/mol. The van der Waals surface area contributed by atoms with Crippen LogP contribution in [0.15, 0.2) is 0 Å². The number of rotatable bonds is 3. The Morgan fingerprint density at radius 1 is 1.57 bits per heavy atom. The van der Waals surface area contributed by atoms with Gasteiger partial charge in [-0.2, -0.15) is 9.36 Å². The fourth-order valence-corrected chi connectivity index (χ4v) is 2.33. The van der Waals surface area contributed by atoms with Crippen molar-refractivity contribution in [1.82, 2.24) is 9.36 Å². The number of ether oxygens (including phenoxy) is 1. The Morgan fingerprint density at radius 3 is 3.00 bits per heavy atom. The molecule has 4 nitrogen and oxygen atoms in total. The maximum Gasteiger partial charge on any atom is 0.293 e. The summed E-state index contributed by atoms with van der Waals surface area (Å²) >= 11 is 1.32. The molecule has 1 heterocycles. The summed E-state index contributed by atoms with van der Waals surface area (Å²) in [5, 5.41) is 0.671. The molecule has 0 spiro atoms. The van der Waals surface area contributed by atoms with Crippen LogP contribution in [0.1, 0.15) is 32.0 Å². The first kappa shape index (κ1) is 9.86. The standard InChI is InChI=1S/C9H15N3OS/c1-2-8-11-9(14-12-8)13-7-5-3-4-6(7)10/h6-7H,2-5,10H2,1H3. The minimum Gasteiger partial charge on any atom is -0.464 e. The van der Waals surface area contributed by atoms with Gasteiger partial charge in [0.25, 0.3) is 5.19 Å². The lowest BCUT2D eigenvalue weighted by molar-refractivity contribution is 0.190. The quantitative estimate of drug-likeness (QED) is 0.823. The van der Waals surface area contributed by atoms with E-state index in [4.69, 9.17) is 10.5 Å². The van der Waals surface area contributed by atoms with E-state index < -0.39 is 0 Å². The summed E-state index contributed by atoms with van der Waals surface area (Å²) in [5.74, 6) is 0.858. The van der Waals surface area contributed by atoms with Crippen LogP contribution in [0.25, 0.3) is 0 Å². The van der Waals surface area contributed by atoms with Crippen LogP contribution >= 0.6 is 11.5 Å². The van der Waals surface area contributed by atoms with Crippen LogP contribution < -0.4 is 10.5 Å². The zero-order valence-electron chi connectivity index (χ0n) is 8.27. The Bertz CT molecular complexity index is 302. The van der Waals surface area contributed by atoms with Gasteiger partial charge < -0.3 is 10.5 Å². The van der Waals surface area contributed by atoms with Gasteiger partial charge in [-0.05, 0) is 19.3 Å². The van der Waals surface area contributed by atoms with E-state index in [9.17, 15) is 0 Å². The van der Waals surface area contributed by atoms with E-state index in [1.807, 2.05) is 6.92 Å². The highest BCUT2D eigenvalue weighted by atomic mass is 32.1. The first-order valence-corrected chi connectivity index (χ1v) is 5.81. The molecule has 0 radical (unpaired) electrons. The lowest BCUT2D eigenvalue weighted by Crippen LogP contribution is -2.33. The largest absolute Gasteiger partial charge is 0.464 e. The third-order valence-corrected chi connectivity index (χ3v) is 3.17. The predicted octanol–water partition coefficient (Wildman–Crippen LogP) is 1.36. The molecule has 0 bridgehead atoms. The number of aromatic nitrogens is 2. The van der Waals surface area contributed by atoms with E-state index >= 15 is 0 Å². The van der Waals surface area contributed by atoms with Crippen molar-refractivity contribution in [2.24, 2.45) is 5.73 Å². The molecular weight excluding hydrogens is 198 g/mol. The van der Waals surface area contributed by atoms with Crippen LogP contribution in [0.3, 0.4) is 0 Å². The second-order valence-electron chi connectivity index (χ2n) is 3.58. The molecule has 5 heteroatoms. The SMILES string of the molecule is CCc1nsc(OC2CCCC2N)n1. The zero-order chi connectivity index (χ0) is 9.97. The van der Waals surface area contributed by atoms with Gasteiger partial charge in [-0.25, -0.2) is 0 Å². The molecule has 2 unspecified atom stereocenters. The maximum absolute atomic E-state index is 5.90. The van der Waals surface area contributed by atoms with Crippen LogP contribution in [-0.4, -0.2) is 21.5 Å². The molecular formula is C9H15N3OS. The molecule has 0 aromatic carbocycles. The van der Waals surface area contributed by atoms with Crippen LogP contribution in [0.4, 0.5) is 0 Å². The van der Waals surface area contributed by atoms with Gasteiger partial charge in [0.05, 0.1) is 0 Å². The van der Waals surface area contributed by atoms with Crippen molar-refractivity contribution >= 4 is 11.5 Å². The molecule has 0 saturated heterocycles.